The molecule has 31 heavy (non-hydrogen) atoms. The molecule has 8 heteroatoms. The average Bonchev–Trinajstić information content (AvgIpc) is 3.04. The number of hydrogen-bond donors (Lipinski definition) is 2. The molecule has 0 bridgehead atoms. The zero-order valence-electron chi connectivity index (χ0n) is 16.5. The zero-order valence-corrected chi connectivity index (χ0v) is 18.1. The molecule has 0 aliphatic carbocycles. The molecule has 1 saturated heterocycles. The van der Waals surface area contributed by atoms with Gasteiger partial charge in [0, 0.05) is 0 Å². The van der Waals surface area contributed by atoms with Gasteiger partial charge in [0.1, 0.15) is 16.9 Å². The number of nitrogens with zero attached hydrogens (tertiary/aromatic N) is 1. The SMILES string of the molecule is CC(C(=O)NCC(=O)O)N1C(=O)/C(=C/c2c3ccccc3cc3ccccc23)SC1=S. The normalized spacial score (nSPS) is 16.3. The van der Waals surface area contributed by atoms with Crippen LogP contribution in [0.5, 0.6) is 0 Å². The minimum atomic E-state index is -1.16. The van der Waals surface area contributed by atoms with Crippen LogP contribution in [0.2, 0.25) is 0 Å². The number of carboxylic acid groups (broad SMARTS) is 1. The van der Waals surface area contributed by atoms with Gasteiger partial charge in [-0.1, -0.05) is 72.5 Å². The van der Waals surface area contributed by atoms with Gasteiger partial charge in [-0.25, -0.2) is 0 Å². The van der Waals surface area contributed by atoms with E-state index < -0.39 is 24.5 Å². The molecule has 0 spiro atoms. The number of carbonyl (C=O) groups is 3. The van der Waals surface area contributed by atoms with Crippen molar-refractivity contribution in [2.45, 2.75) is 13.0 Å². The summed E-state index contributed by atoms with van der Waals surface area (Å²) >= 11 is 6.50. The second kappa shape index (κ2) is 8.49. The van der Waals surface area contributed by atoms with Crippen LogP contribution in [0.25, 0.3) is 27.6 Å². The molecule has 3 aromatic carbocycles. The highest BCUT2D eigenvalue weighted by Gasteiger charge is 2.38. The molecule has 1 heterocycles. The van der Waals surface area contributed by atoms with Crippen LogP contribution in [-0.2, 0) is 14.4 Å². The summed E-state index contributed by atoms with van der Waals surface area (Å²) in [5.74, 6) is -2.10. The lowest BCUT2D eigenvalue weighted by atomic mass is 9.96. The lowest BCUT2D eigenvalue weighted by Gasteiger charge is -2.21. The Morgan fingerprint density at radius 1 is 1.13 bits per heavy atom. The van der Waals surface area contributed by atoms with Crippen molar-refractivity contribution in [1.82, 2.24) is 10.2 Å². The van der Waals surface area contributed by atoms with Crippen LogP contribution in [-0.4, -0.2) is 44.7 Å². The Morgan fingerprint density at radius 2 is 1.71 bits per heavy atom. The van der Waals surface area contributed by atoms with Crippen LogP contribution in [0, 0.1) is 0 Å². The number of thioether (sulfide) groups is 1. The van der Waals surface area contributed by atoms with E-state index in [9.17, 15) is 14.4 Å². The molecule has 2 amide bonds. The monoisotopic (exact) mass is 450 g/mol. The van der Waals surface area contributed by atoms with Crippen LogP contribution in [0.4, 0.5) is 0 Å². The van der Waals surface area contributed by atoms with Gasteiger partial charge in [-0.15, -0.1) is 0 Å². The van der Waals surface area contributed by atoms with Gasteiger partial charge in [0.05, 0.1) is 4.91 Å². The van der Waals surface area contributed by atoms with Gasteiger partial charge in [-0.3, -0.25) is 19.3 Å². The number of thiocarbonyl (C=S) groups is 1. The number of carboxylic acids is 1. The smallest absolute Gasteiger partial charge is 0.322 e. The van der Waals surface area contributed by atoms with Crippen molar-refractivity contribution in [3.63, 3.8) is 0 Å². The molecule has 6 nitrogen and oxygen atoms in total. The van der Waals surface area contributed by atoms with Crippen LogP contribution in [0.15, 0.2) is 59.5 Å². The molecule has 1 unspecified atom stereocenters. The summed E-state index contributed by atoms with van der Waals surface area (Å²) in [5, 5.41) is 15.2. The van der Waals surface area contributed by atoms with Crippen molar-refractivity contribution < 1.29 is 19.5 Å². The lowest BCUT2D eigenvalue weighted by Crippen LogP contribution is -2.48. The van der Waals surface area contributed by atoms with E-state index in [4.69, 9.17) is 17.3 Å². The molecule has 2 N–H and O–H groups in total. The number of nitrogens with one attached hydrogen (secondary N) is 1. The first-order valence-corrected chi connectivity index (χ1v) is 10.8. The first-order valence-electron chi connectivity index (χ1n) is 9.54. The summed E-state index contributed by atoms with van der Waals surface area (Å²) in [6, 6.07) is 17.1. The van der Waals surface area contributed by atoms with Gasteiger partial charge < -0.3 is 10.4 Å². The highest BCUT2D eigenvalue weighted by molar-refractivity contribution is 8.26. The number of fused-ring (bicyclic) bond motifs is 2. The fourth-order valence-electron chi connectivity index (χ4n) is 3.58. The molecular weight excluding hydrogens is 432 g/mol. The van der Waals surface area contributed by atoms with E-state index >= 15 is 0 Å². The van der Waals surface area contributed by atoms with Crippen molar-refractivity contribution in [3.05, 3.63) is 65.1 Å². The van der Waals surface area contributed by atoms with Gasteiger partial charge in [0.2, 0.25) is 5.91 Å². The molecule has 1 aliphatic rings. The Kier molecular flexibility index (Phi) is 5.75. The Labute approximate surface area is 187 Å². The molecule has 0 saturated carbocycles. The van der Waals surface area contributed by atoms with E-state index in [1.807, 2.05) is 54.6 Å². The standard InChI is InChI=1S/C23H18N2O4S2/c1-13(21(28)24-12-20(26)27)25-22(29)19(31-23(25)30)11-18-16-8-4-2-6-14(16)10-15-7-3-5-9-17(15)18/h2-11,13H,12H2,1H3,(H,24,28)(H,26,27)/b19-11-. The summed E-state index contributed by atoms with van der Waals surface area (Å²) < 4.78 is 0.263. The number of aliphatic carboxylic acids is 1. The molecule has 156 valence electrons. The third-order valence-corrected chi connectivity index (χ3v) is 6.42. The van der Waals surface area contributed by atoms with E-state index in [0.717, 1.165) is 38.9 Å². The van der Waals surface area contributed by atoms with Crippen LogP contribution in [0.3, 0.4) is 0 Å². The molecule has 1 aliphatic heterocycles. The third-order valence-electron chi connectivity index (χ3n) is 5.09. The van der Waals surface area contributed by atoms with E-state index in [0.29, 0.717) is 4.91 Å². The molecule has 4 rings (SSSR count). The first-order chi connectivity index (χ1) is 14.9. The second-order valence-electron chi connectivity index (χ2n) is 7.07. The maximum Gasteiger partial charge on any atom is 0.322 e. The molecule has 3 aromatic rings. The van der Waals surface area contributed by atoms with E-state index in [1.54, 1.807) is 0 Å². The summed E-state index contributed by atoms with van der Waals surface area (Å²) in [6.07, 6.45) is 1.83. The minimum absolute atomic E-state index is 0.263. The first kappa shape index (κ1) is 21.0. The van der Waals surface area contributed by atoms with Crippen molar-refractivity contribution in [2.75, 3.05) is 6.54 Å². The van der Waals surface area contributed by atoms with Gasteiger partial charge >= 0.3 is 5.97 Å². The molecular formula is C23H18N2O4S2. The topological polar surface area (TPSA) is 86.7 Å². The number of carbonyl (C=O) groups excluding carboxylic acids is 2. The fourth-order valence-corrected chi connectivity index (χ4v) is 4.98. The number of hydrogen-bond acceptors (Lipinski definition) is 5. The largest absolute Gasteiger partial charge is 0.480 e. The summed E-state index contributed by atoms with van der Waals surface area (Å²) in [4.78, 5) is 37.8. The van der Waals surface area contributed by atoms with Crippen molar-refractivity contribution in [2.24, 2.45) is 0 Å². The Balaban J connectivity index is 1.74. The molecule has 0 aromatic heterocycles. The summed E-state index contributed by atoms with van der Waals surface area (Å²) in [6.45, 7) is 1.01. The van der Waals surface area contributed by atoms with Crippen molar-refractivity contribution >= 4 is 73.7 Å². The van der Waals surface area contributed by atoms with Crippen molar-refractivity contribution in [1.29, 1.82) is 0 Å². The average molecular weight is 451 g/mol. The lowest BCUT2D eigenvalue weighted by molar-refractivity contribution is -0.139. The highest BCUT2D eigenvalue weighted by Crippen LogP contribution is 2.37. The summed E-state index contributed by atoms with van der Waals surface area (Å²) in [5.41, 5.74) is 0.914. The highest BCUT2D eigenvalue weighted by atomic mass is 32.2. The van der Waals surface area contributed by atoms with Gasteiger partial charge in [-0.2, -0.15) is 0 Å². The fraction of sp³-hybridized carbons (Fsp3) is 0.130. The van der Waals surface area contributed by atoms with Gasteiger partial charge in [0.15, 0.2) is 0 Å². The minimum Gasteiger partial charge on any atom is -0.480 e. The molecule has 1 atom stereocenters. The molecule has 1 fully saturated rings. The number of rotatable bonds is 5. The Bertz CT molecular complexity index is 1230. The van der Waals surface area contributed by atoms with Crippen LogP contribution in [0.1, 0.15) is 12.5 Å². The Morgan fingerprint density at radius 3 is 2.29 bits per heavy atom. The predicted octanol–water partition coefficient (Wildman–Crippen LogP) is 3.78. The quantitative estimate of drug-likeness (QED) is 0.350. The Hall–Kier alpha value is -3.23. The maximum absolute atomic E-state index is 13.1. The van der Waals surface area contributed by atoms with E-state index in [2.05, 4.69) is 11.4 Å². The van der Waals surface area contributed by atoms with Crippen LogP contribution >= 0.6 is 24.0 Å². The second-order valence-corrected chi connectivity index (χ2v) is 8.75. The number of amides is 2. The number of benzene rings is 3. The van der Waals surface area contributed by atoms with Crippen molar-refractivity contribution in [3.8, 4) is 0 Å². The van der Waals surface area contributed by atoms with E-state index in [1.165, 1.54) is 11.8 Å². The predicted molar refractivity (Wildman–Crippen MR) is 127 cm³/mol. The van der Waals surface area contributed by atoms with Gasteiger partial charge in [0.25, 0.3) is 5.91 Å². The zero-order chi connectivity index (χ0) is 22.1. The summed E-state index contributed by atoms with van der Waals surface area (Å²) in [7, 11) is 0. The molecule has 0 radical (unpaired) electrons. The van der Waals surface area contributed by atoms with E-state index in [-0.39, 0.29) is 10.2 Å². The third kappa shape index (κ3) is 4.04. The van der Waals surface area contributed by atoms with Crippen LogP contribution < -0.4 is 5.32 Å². The maximum atomic E-state index is 13.1. The van der Waals surface area contributed by atoms with Gasteiger partial charge in [-0.05, 0) is 46.2 Å².